The fourth-order valence-corrected chi connectivity index (χ4v) is 4.99. The van der Waals surface area contributed by atoms with Gasteiger partial charge in [-0.1, -0.05) is 0 Å². The molecule has 0 radical (unpaired) electrons. The van der Waals surface area contributed by atoms with E-state index in [2.05, 4.69) is 9.97 Å². The van der Waals surface area contributed by atoms with E-state index in [9.17, 15) is 9.18 Å². The minimum Gasteiger partial charge on any atom is -0.345 e. The van der Waals surface area contributed by atoms with Crippen LogP contribution in [0.1, 0.15) is 19.0 Å². The summed E-state index contributed by atoms with van der Waals surface area (Å²) in [6.07, 6.45) is 2.68. The first-order valence-electron chi connectivity index (χ1n) is 10.9. The number of halogens is 1. The summed E-state index contributed by atoms with van der Waals surface area (Å²) in [5, 5.41) is 0. The lowest BCUT2D eigenvalue weighted by Gasteiger charge is -2.39. The van der Waals surface area contributed by atoms with Crippen molar-refractivity contribution in [2.75, 3.05) is 37.8 Å². The SMILES string of the molecule is CC1(C(=O)N2CCSCC2)COC(c2nc(-c3ccc(F)cc3)c(-c3ccncc3)[nH]2)OC1. The van der Waals surface area contributed by atoms with Crippen molar-refractivity contribution in [1.82, 2.24) is 19.9 Å². The normalized spacial score (nSPS) is 23.5. The smallest absolute Gasteiger partial charge is 0.233 e. The molecule has 2 fully saturated rings. The van der Waals surface area contributed by atoms with E-state index in [0.717, 1.165) is 41.4 Å². The van der Waals surface area contributed by atoms with Gasteiger partial charge in [0.05, 0.1) is 30.0 Å². The van der Waals surface area contributed by atoms with Crippen LogP contribution in [0.4, 0.5) is 4.39 Å². The van der Waals surface area contributed by atoms with Gasteiger partial charge in [-0.25, -0.2) is 9.37 Å². The number of H-pyrrole nitrogens is 1. The molecule has 172 valence electrons. The van der Waals surface area contributed by atoms with Crippen LogP contribution >= 0.6 is 11.8 Å². The number of hydrogen-bond donors (Lipinski definition) is 1. The van der Waals surface area contributed by atoms with Gasteiger partial charge >= 0.3 is 0 Å². The summed E-state index contributed by atoms with van der Waals surface area (Å²) in [4.78, 5) is 27.1. The summed E-state index contributed by atoms with van der Waals surface area (Å²) in [5.74, 6) is 2.19. The van der Waals surface area contributed by atoms with Gasteiger partial charge in [-0.3, -0.25) is 9.78 Å². The average Bonchev–Trinajstić information content (AvgIpc) is 3.31. The predicted molar refractivity (Wildman–Crippen MR) is 124 cm³/mol. The summed E-state index contributed by atoms with van der Waals surface area (Å²) in [7, 11) is 0. The zero-order valence-electron chi connectivity index (χ0n) is 18.3. The Morgan fingerprint density at radius 3 is 2.42 bits per heavy atom. The lowest BCUT2D eigenvalue weighted by Crippen LogP contribution is -2.52. The van der Waals surface area contributed by atoms with E-state index in [4.69, 9.17) is 14.5 Å². The van der Waals surface area contributed by atoms with Crippen LogP contribution < -0.4 is 0 Å². The molecule has 2 saturated heterocycles. The minimum absolute atomic E-state index is 0.0742. The molecule has 1 aromatic carbocycles. The predicted octanol–water partition coefficient (Wildman–Crippen LogP) is 3.90. The average molecular weight is 469 g/mol. The topological polar surface area (TPSA) is 80.3 Å². The number of hydrogen-bond acceptors (Lipinski definition) is 6. The zero-order valence-corrected chi connectivity index (χ0v) is 19.1. The second-order valence-corrected chi connectivity index (χ2v) is 9.73. The first kappa shape index (κ1) is 22.1. The van der Waals surface area contributed by atoms with Crippen molar-refractivity contribution in [1.29, 1.82) is 0 Å². The molecular formula is C24H25FN4O3S. The molecule has 3 aromatic rings. The molecule has 0 aliphatic carbocycles. The highest BCUT2D eigenvalue weighted by atomic mass is 32.2. The third-order valence-electron chi connectivity index (χ3n) is 5.95. The molecule has 4 heterocycles. The van der Waals surface area contributed by atoms with Gasteiger partial charge in [-0.2, -0.15) is 11.8 Å². The maximum Gasteiger partial charge on any atom is 0.233 e. The number of ether oxygens (including phenoxy) is 2. The number of thioether (sulfide) groups is 1. The van der Waals surface area contributed by atoms with Crippen LogP contribution in [0.15, 0.2) is 48.8 Å². The number of rotatable bonds is 4. The molecule has 5 rings (SSSR count). The Kier molecular flexibility index (Phi) is 6.18. The Labute approximate surface area is 195 Å². The van der Waals surface area contributed by atoms with Gasteiger partial charge in [0.15, 0.2) is 5.82 Å². The molecule has 1 amide bonds. The van der Waals surface area contributed by atoms with Gasteiger partial charge in [0.1, 0.15) is 5.82 Å². The highest BCUT2D eigenvalue weighted by Crippen LogP contribution is 2.36. The Morgan fingerprint density at radius 2 is 1.76 bits per heavy atom. The third kappa shape index (κ3) is 4.53. The summed E-state index contributed by atoms with van der Waals surface area (Å²) >= 11 is 1.87. The number of imidazole rings is 1. The number of pyridine rings is 1. The summed E-state index contributed by atoms with van der Waals surface area (Å²) < 4.78 is 25.5. The number of aromatic nitrogens is 3. The van der Waals surface area contributed by atoms with Crippen LogP contribution in [0.2, 0.25) is 0 Å². The van der Waals surface area contributed by atoms with Gasteiger partial charge in [-0.05, 0) is 43.3 Å². The number of aromatic amines is 1. The standard InChI is InChI=1S/C24H25FN4O3S/c1-24(23(30)29-10-12-33-13-11-29)14-31-22(32-15-24)21-27-19(16-2-4-18(25)5-3-16)20(28-21)17-6-8-26-9-7-17/h2-9,22H,10-15H2,1H3,(H,27,28). The summed E-state index contributed by atoms with van der Waals surface area (Å²) in [6.45, 7) is 3.91. The molecule has 2 aliphatic rings. The van der Waals surface area contributed by atoms with Gasteiger partial charge in [-0.15, -0.1) is 0 Å². The molecule has 0 atom stereocenters. The second-order valence-electron chi connectivity index (χ2n) is 8.51. The highest BCUT2D eigenvalue weighted by Gasteiger charge is 2.43. The Morgan fingerprint density at radius 1 is 1.09 bits per heavy atom. The van der Waals surface area contributed by atoms with E-state index >= 15 is 0 Å². The molecule has 2 aliphatic heterocycles. The molecule has 0 saturated carbocycles. The van der Waals surface area contributed by atoms with Crippen LogP contribution in [0, 0.1) is 11.2 Å². The number of nitrogens with one attached hydrogen (secondary N) is 1. The fourth-order valence-electron chi connectivity index (χ4n) is 4.09. The monoisotopic (exact) mass is 468 g/mol. The second kappa shape index (κ2) is 9.24. The Hall–Kier alpha value is -2.75. The molecule has 33 heavy (non-hydrogen) atoms. The highest BCUT2D eigenvalue weighted by molar-refractivity contribution is 7.99. The first-order valence-corrected chi connectivity index (χ1v) is 12.1. The van der Waals surface area contributed by atoms with E-state index in [-0.39, 0.29) is 24.9 Å². The van der Waals surface area contributed by atoms with Crippen LogP contribution in [0.3, 0.4) is 0 Å². The Balaban J connectivity index is 1.39. The minimum atomic E-state index is -0.724. The van der Waals surface area contributed by atoms with Crippen molar-refractivity contribution in [2.45, 2.75) is 13.2 Å². The molecule has 2 aromatic heterocycles. The van der Waals surface area contributed by atoms with Crippen molar-refractivity contribution in [3.05, 3.63) is 60.4 Å². The van der Waals surface area contributed by atoms with Crippen molar-refractivity contribution in [2.24, 2.45) is 5.41 Å². The van der Waals surface area contributed by atoms with Gasteiger partial charge in [0.25, 0.3) is 0 Å². The van der Waals surface area contributed by atoms with E-state index in [0.29, 0.717) is 11.5 Å². The van der Waals surface area contributed by atoms with Crippen LogP contribution in [0.25, 0.3) is 22.5 Å². The molecule has 9 heteroatoms. The maximum absolute atomic E-state index is 13.5. The summed E-state index contributed by atoms with van der Waals surface area (Å²) in [5.41, 5.74) is 2.37. The third-order valence-corrected chi connectivity index (χ3v) is 6.90. The van der Waals surface area contributed by atoms with Crippen molar-refractivity contribution in [3.8, 4) is 22.5 Å². The lowest BCUT2D eigenvalue weighted by molar-refractivity contribution is -0.234. The van der Waals surface area contributed by atoms with Crippen LogP contribution in [-0.4, -0.2) is 63.6 Å². The molecule has 7 nitrogen and oxygen atoms in total. The zero-order chi connectivity index (χ0) is 22.8. The van der Waals surface area contributed by atoms with Gasteiger partial charge in [0.2, 0.25) is 12.2 Å². The van der Waals surface area contributed by atoms with Crippen LogP contribution in [0.5, 0.6) is 0 Å². The van der Waals surface area contributed by atoms with E-state index in [1.807, 2.05) is 35.7 Å². The summed E-state index contributed by atoms with van der Waals surface area (Å²) in [6, 6.07) is 9.94. The number of carbonyl (C=O) groups excluding carboxylic acids is 1. The quantitative estimate of drug-likeness (QED) is 0.626. The maximum atomic E-state index is 13.5. The number of amides is 1. The van der Waals surface area contributed by atoms with Crippen molar-refractivity contribution in [3.63, 3.8) is 0 Å². The number of nitrogens with zero attached hydrogens (tertiary/aromatic N) is 3. The fraction of sp³-hybridized carbons (Fsp3) is 0.375. The molecule has 1 N–H and O–H groups in total. The molecular weight excluding hydrogens is 443 g/mol. The number of benzene rings is 1. The van der Waals surface area contributed by atoms with Gasteiger partial charge < -0.3 is 19.4 Å². The largest absolute Gasteiger partial charge is 0.345 e. The molecule has 0 unspecified atom stereocenters. The van der Waals surface area contributed by atoms with Gasteiger partial charge in [0, 0.05) is 48.1 Å². The van der Waals surface area contributed by atoms with E-state index in [1.54, 1.807) is 24.5 Å². The Bertz CT molecular complexity index is 1110. The lowest BCUT2D eigenvalue weighted by atomic mass is 9.90. The molecule has 0 bridgehead atoms. The molecule has 0 spiro atoms. The first-order chi connectivity index (χ1) is 16.0. The number of carbonyl (C=O) groups is 1. The van der Waals surface area contributed by atoms with Crippen LogP contribution in [-0.2, 0) is 14.3 Å². The van der Waals surface area contributed by atoms with E-state index in [1.165, 1.54) is 12.1 Å². The van der Waals surface area contributed by atoms with Crippen molar-refractivity contribution < 1.29 is 18.7 Å². The van der Waals surface area contributed by atoms with Crippen molar-refractivity contribution >= 4 is 17.7 Å². The van der Waals surface area contributed by atoms with E-state index < -0.39 is 11.7 Å².